The average molecular weight is 216 g/mol. The monoisotopic (exact) mass is 216 g/mol. The van der Waals surface area contributed by atoms with Gasteiger partial charge in [-0.2, -0.15) is 0 Å². The summed E-state index contributed by atoms with van der Waals surface area (Å²) >= 11 is 0. The van der Waals surface area contributed by atoms with Crippen molar-refractivity contribution in [3.05, 3.63) is 35.4 Å². The Morgan fingerprint density at radius 1 is 0.923 bits per heavy atom. The predicted molar refractivity (Wildman–Crippen MR) is 35.1 cm³/mol. The fraction of sp³-hybridized carbons (Fsp3) is 0. The summed E-state index contributed by atoms with van der Waals surface area (Å²) in [5.41, 5.74) is -0.727. The molecule has 0 aliphatic heterocycles. The van der Waals surface area contributed by atoms with Gasteiger partial charge in [-0.25, -0.2) is 0 Å². The van der Waals surface area contributed by atoms with Gasteiger partial charge in [0.2, 0.25) is 0 Å². The van der Waals surface area contributed by atoms with E-state index in [0.717, 1.165) is 12.1 Å². The standard InChI is InChI=1S/C8H6O4.Cr/c9-7(10)5-3-1-2-4-6(5)8(11)12;/h1-4H,(H,9,10)(H,11,12);/q;+2/p-2. The van der Waals surface area contributed by atoms with Crippen molar-refractivity contribution >= 4 is 11.9 Å². The minimum absolute atomic E-state index is 0. The van der Waals surface area contributed by atoms with Crippen molar-refractivity contribution in [2.24, 2.45) is 0 Å². The van der Waals surface area contributed by atoms with Gasteiger partial charge in [0.1, 0.15) is 0 Å². The van der Waals surface area contributed by atoms with E-state index in [1.807, 2.05) is 0 Å². The number of rotatable bonds is 2. The summed E-state index contributed by atoms with van der Waals surface area (Å²) in [4.78, 5) is 20.6. The second-order valence-electron chi connectivity index (χ2n) is 2.12. The van der Waals surface area contributed by atoms with Crippen LogP contribution in [-0.2, 0) is 17.4 Å². The molecule has 66 valence electrons. The van der Waals surface area contributed by atoms with Crippen molar-refractivity contribution in [1.82, 2.24) is 0 Å². The van der Waals surface area contributed by atoms with E-state index in [0.29, 0.717) is 0 Å². The van der Waals surface area contributed by atoms with Crippen LogP contribution >= 0.6 is 0 Å². The van der Waals surface area contributed by atoms with Crippen LogP contribution in [0.5, 0.6) is 0 Å². The number of carboxylic acids is 2. The molecule has 0 aromatic heterocycles. The molecule has 0 aliphatic rings. The second-order valence-corrected chi connectivity index (χ2v) is 2.12. The molecule has 0 unspecified atom stereocenters. The van der Waals surface area contributed by atoms with Gasteiger partial charge < -0.3 is 19.8 Å². The Bertz CT molecular complexity index is 302. The molecule has 0 aliphatic carbocycles. The summed E-state index contributed by atoms with van der Waals surface area (Å²) in [5.74, 6) is -3.04. The van der Waals surface area contributed by atoms with E-state index in [9.17, 15) is 19.8 Å². The molecule has 0 fully saturated rings. The minimum Gasteiger partial charge on any atom is -0.545 e. The molecule has 0 saturated carbocycles. The van der Waals surface area contributed by atoms with Gasteiger partial charge in [0.05, 0.1) is 11.9 Å². The fourth-order valence-electron chi connectivity index (χ4n) is 0.839. The van der Waals surface area contributed by atoms with Crippen molar-refractivity contribution in [3.8, 4) is 0 Å². The first-order valence-electron chi connectivity index (χ1n) is 3.14. The molecule has 4 nitrogen and oxygen atoms in total. The van der Waals surface area contributed by atoms with Crippen molar-refractivity contribution in [2.75, 3.05) is 0 Å². The number of hydrogen-bond donors (Lipinski definition) is 0. The molecule has 5 heteroatoms. The summed E-state index contributed by atoms with van der Waals surface area (Å²) in [6, 6.07) is 5.14. The van der Waals surface area contributed by atoms with E-state index >= 15 is 0 Å². The van der Waals surface area contributed by atoms with E-state index in [-0.39, 0.29) is 28.5 Å². The Morgan fingerprint density at radius 2 is 1.23 bits per heavy atom. The molecule has 0 heterocycles. The summed E-state index contributed by atoms with van der Waals surface area (Å²) < 4.78 is 0. The van der Waals surface area contributed by atoms with Gasteiger partial charge >= 0.3 is 17.4 Å². The largest absolute Gasteiger partial charge is 2.00 e. The van der Waals surface area contributed by atoms with Crippen LogP contribution in [-0.4, -0.2) is 11.9 Å². The molecular formula is C8H4CrO4. The Balaban J connectivity index is 0.00000144. The molecule has 1 aromatic rings. The first-order valence-corrected chi connectivity index (χ1v) is 3.14. The predicted octanol–water partition coefficient (Wildman–Crippen LogP) is -1.59. The van der Waals surface area contributed by atoms with Gasteiger partial charge in [0, 0.05) is 11.1 Å². The number of carbonyl (C=O) groups is 2. The van der Waals surface area contributed by atoms with Gasteiger partial charge in [-0.15, -0.1) is 0 Å². The van der Waals surface area contributed by atoms with Crippen molar-refractivity contribution in [1.29, 1.82) is 0 Å². The maximum Gasteiger partial charge on any atom is 2.00 e. The number of carboxylic acid groups (broad SMARTS) is 2. The van der Waals surface area contributed by atoms with Crippen LogP contribution in [0.15, 0.2) is 24.3 Å². The van der Waals surface area contributed by atoms with E-state index in [1.165, 1.54) is 12.1 Å². The third-order valence-electron chi connectivity index (χ3n) is 1.37. The molecule has 13 heavy (non-hydrogen) atoms. The maximum absolute atomic E-state index is 10.3. The molecule has 0 bridgehead atoms. The van der Waals surface area contributed by atoms with Crippen molar-refractivity contribution in [2.45, 2.75) is 0 Å². The van der Waals surface area contributed by atoms with Gasteiger partial charge in [0.25, 0.3) is 0 Å². The third kappa shape index (κ3) is 2.58. The zero-order chi connectivity index (χ0) is 9.14. The molecule has 0 atom stereocenters. The summed E-state index contributed by atoms with van der Waals surface area (Å²) in [5, 5.41) is 20.6. The zero-order valence-corrected chi connectivity index (χ0v) is 7.63. The zero-order valence-electron chi connectivity index (χ0n) is 6.35. The first kappa shape index (κ1) is 11.7. The van der Waals surface area contributed by atoms with E-state index in [4.69, 9.17) is 0 Å². The molecule has 1 aromatic carbocycles. The number of hydrogen-bond acceptors (Lipinski definition) is 4. The van der Waals surface area contributed by atoms with Crippen LogP contribution in [0.2, 0.25) is 0 Å². The summed E-state index contributed by atoms with van der Waals surface area (Å²) in [6.07, 6.45) is 0. The van der Waals surface area contributed by atoms with Gasteiger partial charge in [0.15, 0.2) is 0 Å². The van der Waals surface area contributed by atoms with E-state index < -0.39 is 11.9 Å². The third-order valence-corrected chi connectivity index (χ3v) is 1.37. The maximum atomic E-state index is 10.3. The van der Waals surface area contributed by atoms with Crippen LogP contribution in [0.1, 0.15) is 20.7 Å². The van der Waals surface area contributed by atoms with Gasteiger partial charge in [-0.3, -0.25) is 0 Å². The molecule has 0 saturated heterocycles. The minimum atomic E-state index is -1.52. The van der Waals surface area contributed by atoms with Gasteiger partial charge in [-0.1, -0.05) is 24.3 Å². The topological polar surface area (TPSA) is 80.3 Å². The van der Waals surface area contributed by atoms with Crippen molar-refractivity contribution in [3.63, 3.8) is 0 Å². The Morgan fingerprint density at radius 3 is 1.46 bits per heavy atom. The van der Waals surface area contributed by atoms with Crippen LogP contribution in [0.25, 0.3) is 0 Å². The van der Waals surface area contributed by atoms with Crippen LogP contribution in [0.4, 0.5) is 0 Å². The Labute approximate surface area is 84.9 Å². The summed E-state index contributed by atoms with van der Waals surface area (Å²) in [6.45, 7) is 0. The average Bonchev–Trinajstić information content (AvgIpc) is 2.04. The molecular weight excluding hydrogens is 212 g/mol. The second kappa shape index (κ2) is 4.65. The molecule has 0 amide bonds. The number of carbonyl (C=O) groups excluding carboxylic acids is 2. The van der Waals surface area contributed by atoms with Crippen molar-refractivity contribution < 1.29 is 37.2 Å². The quantitative estimate of drug-likeness (QED) is 0.597. The van der Waals surface area contributed by atoms with E-state index in [1.54, 1.807) is 0 Å². The first-order chi connectivity index (χ1) is 5.63. The fourth-order valence-corrected chi connectivity index (χ4v) is 0.839. The number of benzene rings is 1. The van der Waals surface area contributed by atoms with Crippen LogP contribution in [0, 0.1) is 0 Å². The molecule has 0 N–H and O–H groups in total. The van der Waals surface area contributed by atoms with Crippen LogP contribution in [0.3, 0.4) is 0 Å². The normalized spacial score (nSPS) is 8.62. The van der Waals surface area contributed by atoms with E-state index in [2.05, 4.69) is 0 Å². The molecule has 0 spiro atoms. The summed E-state index contributed by atoms with van der Waals surface area (Å²) in [7, 11) is 0. The molecule has 1 rings (SSSR count). The number of aromatic carboxylic acids is 2. The van der Waals surface area contributed by atoms with Crippen LogP contribution < -0.4 is 10.2 Å². The smallest absolute Gasteiger partial charge is 0.545 e. The van der Waals surface area contributed by atoms with Gasteiger partial charge in [-0.05, 0) is 0 Å². The molecule has 0 radical (unpaired) electrons. The SMILES string of the molecule is O=C([O-])c1ccccc1C(=O)[O-].[Cr+2]. The Hall–Kier alpha value is -1.31. The Kier molecular flexibility index (Phi) is 4.19.